The topological polar surface area (TPSA) is 58.4 Å². The van der Waals surface area contributed by atoms with Crippen LogP contribution in [0, 0.1) is 0 Å². The summed E-state index contributed by atoms with van der Waals surface area (Å²) in [5.41, 5.74) is 6.68. The van der Waals surface area contributed by atoms with Crippen molar-refractivity contribution >= 4 is 30.7 Å². The molecule has 0 spiro atoms. The van der Waals surface area contributed by atoms with E-state index in [2.05, 4.69) is 22.3 Å². The Morgan fingerprint density at radius 1 is 1.09 bits per heavy atom. The molecule has 3 N–H and O–H groups in total. The quantitative estimate of drug-likeness (QED) is 0.627. The molecule has 0 aromatic heterocycles. The van der Waals surface area contributed by atoms with Crippen molar-refractivity contribution in [3.63, 3.8) is 0 Å². The highest BCUT2D eigenvalue weighted by Gasteiger charge is 2.14. The Kier molecular flexibility index (Phi) is 15.7. The number of carbonyl (C=O) groups is 1. The summed E-state index contributed by atoms with van der Waals surface area (Å²) in [5, 5.41) is 3.05. The van der Waals surface area contributed by atoms with E-state index in [1.165, 1.54) is 5.56 Å². The van der Waals surface area contributed by atoms with E-state index in [9.17, 15) is 4.79 Å². The molecule has 0 aliphatic carbocycles. The van der Waals surface area contributed by atoms with Crippen LogP contribution in [0.3, 0.4) is 0 Å². The fourth-order valence-corrected chi connectivity index (χ4v) is 2.36. The Balaban J connectivity index is 0. The first-order chi connectivity index (χ1) is 10.1. The van der Waals surface area contributed by atoms with Crippen LogP contribution in [0.5, 0.6) is 0 Å². The Morgan fingerprint density at radius 3 is 2.26 bits per heavy atom. The summed E-state index contributed by atoms with van der Waals surface area (Å²) in [6, 6.07) is 10.5. The fraction of sp³-hybridized carbons (Fsp3) is 0.588. The lowest BCUT2D eigenvalue weighted by molar-refractivity contribution is -0.121. The molecule has 0 fully saturated rings. The molecule has 0 heterocycles. The first-order valence-electron chi connectivity index (χ1n) is 7.83. The largest absolute Gasteiger partial charge is 0.354 e. The van der Waals surface area contributed by atoms with Crippen LogP contribution in [-0.2, 0) is 4.79 Å². The molecule has 1 unspecified atom stereocenters. The van der Waals surface area contributed by atoms with Crippen LogP contribution in [0.25, 0.3) is 0 Å². The lowest BCUT2D eigenvalue weighted by Gasteiger charge is -2.25. The zero-order valence-electron chi connectivity index (χ0n) is 14.2. The summed E-state index contributed by atoms with van der Waals surface area (Å²) in [5.74, 6) is 0.144. The van der Waals surface area contributed by atoms with Gasteiger partial charge in [-0.15, -0.1) is 24.8 Å². The van der Waals surface area contributed by atoms with E-state index in [1.807, 2.05) is 32.3 Å². The summed E-state index contributed by atoms with van der Waals surface area (Å²) in [6.45, 7) is 1.40. The molecule has 6 heteroatoms. The van der Waals surface area contributed by atoms with Gasteiger partial charge in [0.05, 0.1) is 6.04 Å². The van der Waals surface area contributed by atoms with Gasteiger partial charge in [0.2, 0.25) is 5.91 Å². The second-order valence-corrected chi connectivity index (χ2v) is 5.65. The molecule has 0 bridgehead atoms. The van der Waals surface area contributed by atoms with Gasteiger partial charge in [-0.25, -0.2) is 0 Å². The summed E-state index contributed by atoms with van der Waals surface area (Å²) in [7, 11) is 4.08. The van der Waals surface area contributed by atoms with Crippen molar-refractivity contribution in [2.45, 2.75) is 38.1 Å². The molecule has 1 amide bonds. The number of benzene rings is 1. The van der Waals surface area contributed by atoms with E-state index in [-0.39, 0.29) is 36.8 Å². The normalized spacial score (nSPS) is 11.3. The predicted octanol–water partition coefficient (Wildman–Crippen LogP) is 3.16. The minimum absolute atomic E-state index is 0. The average molecular weight is 364 g/mol. The number of amides is 1. The second kappa shape index (κ2) is 14.8. The van der Waals surface area contributed by atoms with E-state index < -0.39 is 0 Å². The Labute approximate surface area is 153 Å². The Morgan fingerprint density at radius 2 is 1.70 bits per heavy atom. The Bertz CT molecular complexity index is 402. The standard InChI is InChI=1S/C17H29N3O.2ClH/c1-20(2)16(15-10-6-5-7-11-15)14-19-17(21)12-8-3-4-9-13-18;;/h5-7,10-11,16H,3-4,8-9,12-14,18H2,1-2H3,(H,19,21);2*1H. The highest BCUT2D eigenvalue weighted by Crippen LogP contribution is 2.16. The van der Waals surface area contributed by atoms with Gasteiger partial charge in [0, 0.05) is 13.0 Å². The number of unbranched alkanes of at least 4 members (excludes halogenated alkanes) is 3. The van der Waals surface area contributed by atoms with Gasteiger partial charge in [0.1, 0.15) is 0 Å². The highest BCUT2D eigenvalue weighted by atomic mass is 35.5. The van der Waals surface area contributed by atoms with Crippen molar-refractivity contribution in [2.75, 3.05) is 27.2 Å². The molecule has 1 aromatic carbocycles. The third-order valence-electron chi connectivity index (χ3n) is 3.66. The molecule has 0 radical (unpaired) electrons. The highest BCUT2D eigenvalue weighted by molar-refractivity contribution is 5.85. The maximum absolute atomic E-state index is 11.9. The molecule has 134 valence electrons. The van der Waals surface area contributed by atoms with E-state index in [4.69, 9.17) is 5.73 Å². The van der Waals surface area contributed by atoms with Crippen molar-refractivity contribution in [3.8, 4) is 0 Å². The van der Waals surface area contributed by atoms with Crippen LogP contribution in [0.1, 0.15) is 43.7 Å². The van der Waals surface area contributed by atoms with Crippen LogP contribution < -0.4 is 11.1 Å². The number of nitrogens with two attached hydrogens (primary N) is 1. The van der Waals surface area contributed by atoms with Gasteiger partial charge in [-0.1, -0.05) is 43.2 Å². The van der Waals surface area contributed by atoms with Crippen molar-refractivity contribution in [1.29, 1.82) is 0 Å². The van der Waals surface area contributed by atoms with Crippen molar-refractivity contribution in [2.24, 2.45) is 5.73 Å². The molecule has 1 rings (SSSR count). The molecular formula is C17H31Cl2N3O. The number of carbonyl (C=O) groups excluding carboxylic acids is 1. The molecule has 0 saturated carbocycles. The summed E-state index contributed by atoms with van der Waals surface area (Å²) >= 11 is 0. The maximum atomic E-state index is 11.9. The number of hydrogen-bond donors (Lipinski definition) is 2. The monoisotopic (exact) mass is 363 g/mol. The van der Waals surface area contributed by atoms with Crippen LogP contribution in [-0.4, -0.2) is 38.0 Å². The van der Waals surface area contributed by atoms with Crippen molar-refractivity contribution in [3.05, 3.63) is 35.9 Å². The van der Waals surface area contributed by atoms with Crippen LogP contribution in [0.4, 0.5) is 0 Å². The predicted molar refractivity (Wildman–Crippen MR) is 103 cm³/mol. The Hall–Kier alpha value is -0.810. The van der Waals surface area contributed by atoms with Gasteiger partial charge in [-0.05, 0) is 39.0 Å². The molecular weight excluding hydrogens is 333 g/mol. The van der Waals surface area contributed by atoms with Crippen LogP contribution in [0.15, 0.2) is 30.3 Å². The number of rotatable bonds is 10. The second-order valence-electron chi connectivity index (χ2n) is 5.65. The zero-order chi connectivity index (χ0) is 15.5. The number of halogens is 2. The number of hydrogen-bond acceptors (Lipinski definition) is 3. The number of nitrogens with zero attached hydrogens (tertiary/aromatic N) is 1. The smallest absolute Gasteiger partial charge is 0.220 e. The van der Waals surface area contributed by atoms with Crippen molar-refractivity contribution in [1.82, 2.24) is 10.2 Å². The minimum atomic E-state index is 0. The van der Waals surface area contributed by atoms with Gasteiger partial charge in [-0.2, -0.15) is 0 Å². The summed E-state index contributed by atoms with van der Waals surface area (Å²) in [4.78, 5) is 14.0. The fourth-order valence-electron chi connectivity index (χ4n) is 2.36. The molecule has 23 heavy (non-hydrogen) atoms. The summed E-state index contributed by atoms with van der Waals surface area (Å²) < 4.78 is 0. The third-order valence-corrected chi connectivity index (χ3v) is 3.66. The van der Waals surface area contributed by atoms with Gasteiger partial charge in [0.15, 0.2) is 0 Å². The molecule has 4 nitrogen and oxygen atoms in total. The van der Waals surface area contributed by atoms with E-state index in [0.29, 0.717) is 13.0 Å². The van der Waals surface area contributed by atoms with Gasteiger partial charge in [0.25, 0.3) is 0 Å². The van der Waals surface area contributed by atoms with E-state index in [1.54, 1.807) is 0 Å². The lowest BCUT2D eigenvalue weighted by atomic mass is 10.1. The summed E-state index contributed by atoms with van der Waals surface area (Å²) in [6.07, 6.45) is 4.82. The third kappa shape index (κ3) is 10.6. The zero-order valence-corrected chi connectivity index (χ0v) is 15.8. The first kappa shape index (κ1) is 24.4. The molecule has 1 atom stereocenters. The van der Waals surface area contributed by atoms with E-state index >= 15 is 0 Å². The number of likely N-dealkylation sites (N-methyl/N-ethyl adjacent to an activating group) is 1. The van der Waals surface area contributed by atoms with Gasteiger partial charge < -0.3 is 16.0 Å². The van der Waals surface area contributed by atoms with Gasteiger partial charge in [-0.3, -0.25) is 4.79 Å². The lowest BCUT2D eigenvalue weighted by Crippen LogP contribution is -2.34. The minimum Gasteiger partial charge on any atom is -0.354 e. The maximum Gasteiger partial charge on any atom is 0.220 e. The van der Waals surface area contributed by atoms with Crippen molar-refractivity contribution < 1.29 is 4.79 Å². The first-order valence-corrected chi connectivity index (χ1v) is 7.83. The molecule has 0 aliphatic rings. The molecule has 0 aliphatic heterocycles. The average Bonchev–Trinajstić information content (AvgIpc) is 2.48. The van der Waals surface area contributed by atoms with Crippen LogP contribution in [0.2, 0.25) is 0 Å². The number of nitrogens with one attached hydrogen (secondary N) is 1. The van der Waals surface area contributed by atoms with E-state index in [0.717, 1.165) is 32.2 Å². The van der Waals surface area contributed by atoms with Gasteiger partial charge >= 0.3 is 0 Å². The molecule has 1 aromatic rings. The molecule has 0 saturated heterocycles. The SMILES string of the molecule is CN(C)C(CNC(=O)CCCCCCN)c1ccccc1.Cl.Cl. The van der Waals surface area contributed by atoms with Crippen LogP contribution >= 0.6 is 24.8 Å².